The highest BCUT2D eigenvalue weighted by Gasteiger charge is 2.19. The molecule has 22 heavy (non-hydrogen) atoms. The van der Waals surface area contributed by atoms with Gasteiger partial charge in [-0.2, -0.15) is 0 Å². The third-order valence-corrected chi connectivity index (χ3v) is 3.57. The molecule has 116 valence electrons. The molecule has 0 atom stereocenters. The first-order chi connectivity index (χ1) is 10.4. The van der Waals surface area contributed by atoms with Crippen molar-refractivity contribution in [2.75, 3.05) is 11.1 Å². The molecule has 1 aromatic carbocycles. The number of hydrogen-bond acceptors (Lipinski definition) is 7. The number of hydrogen-bond donors (Lipinski definition) is 1. The molecule has 8 nitrogen and oxygen atoms in total. The van der Waals surface area contributed by atoms with Crippen LogP contribution in [0.1, 0.15) is 17.0 Å². The summed E-state index contributed by atoms with van der Waals surface area (Å²) in [5, 5.41) is 21.4. The molecule has 0 fully saturated rings. The molecule has 0 spiro atoms. The summed E-state index contributed by atoms with van der Waals surface area (Å²) in [6, 6.07) is 3.20. The molecule has 1 heterocycles. The molecular formula is C13H14N4O4S. The van der Waals surface area contributed by atoms with Crippen molar-refractivity contribution >= 4 is 29.0 Å². The van der Waals surface area contributed by atoms with Crippen molar-refractivity contribution < 1.29 is 14.1 Å². The topological polar surface area (TPSA) is 111 Å². The van der Waals surface area contributed by atoms with Gasteiger partial charge >= 0.3 is 0 Å². The molecule has 0 aliphatic rings. The van der Waals surface area contributed by atoms with E-state index in [2.05, 4.69) is 15.5 Å². The molecule has 0 saturated carbocycles. The fraction of sp³-hybridized carbons (Fsp3) is 0.308. The van der Waals surface area contributed by atoms with E-state index in [0.717, 1.165) is 17.3 Å². The molecule has 0 aliphatic carbocycles. The lowest BCUT2D eigenvalue weighted by molar-refractivity contribution is -0.384. The van der Waals surface area contributed by atoms with Gasteiger partial charge in [0.2, 0.25) is 11.8 Å². The first-order valence-corrected chi connectivity index (χ1v) is 7.33. The van der Waals surface area contributed by atoms with Crippen LogP contribution in [0, 0.1) is 30.9 Å². The highest BCUT2D eigenvalue weighted by atomic mass is 32.2. The van der Waals surface area contributed by atoms with Crippen LogP contribution in [0.15, 0.2) is 21.8 Å². The van der Waals surface area contributed by atoms with Gasteiger partial charge in [0, 0.05) is 13.0 Å². The molecular weight excluding hydrogens is 308 g/mol. The van der Waals surface area contributed by atoms with E-state index in [4.69, 9.17) is 4.42 Å². The van der Waals surface area contributed by atoms with Gasteiger partial charge in [-0.25, -0.2) is 0 Å². The zero-order valence-electron chi connectivity index (χ0n) is 12.2. The third-order valence-electron chi connectivity index (χ3n) is 2.75. The summed E-state index contributed by atoms with van der Waals surface area (Å²) in [6.07, 6.45) is 0. The largest absolute Gasteiger partial charge is 0.416 e. The molecule has 1 aromatic heterocycles. The van der Waals surface area contributed by atoms with Crippen molar-refractivity contribution in [1.29, 1.82) is 0 Å². The number of amides is 1. The number of benzene rings is 1. The van der Waals surface area contributed by atoms with Gasteiger partial charge in [-0.1, -0.05) is 17.8 Å². The molecule has 0 bridgehead atoms. The fourth-order valence-corrected chi connectivity index (χ4v) is 2.50. The molecule has 1 N–H and O–H groups in total. The summed E-state index contributed by atoms with van der Waals surface area (Å²) < 4.78 is 5.14. The van der Waals surface area contributed by atoms with Gasteiger partial charge in [-0.05, 0) is 25.0 Å². The number of rotatable bonds is 5. The molecule has 0 unspecified atom stereocenters. The highest BCUT2D eigenvalue weighted by Crippen LogP contribution is 2.30. The Hall–Kier alpha value is -2.42. The molecule has 0 saturated heterocycles. The second kappa shape index (κ2) is 6.56. The van der Waals surface area contributed by atoms with Gasteiger partial charge in [-0.15, -0.1) is 10.2 Å². The molecule has 2 aromatic rings. The summed E-state index contributed by atoms with van der Waals surface area (Å²) >= 11 is 1.07. The second-order valence-electron chi connectivity index (χ2n) is 4.66. The first-order valence-electron chi connectivity index (χ1n) is 6.35. The lowest BCUT2D eigenvalue weighted by atomic mass is 10.1. The van der Waals surface area contributed by atoms with Crippen molar-refractivity contribution in [3.63, 3.8) is 0 Å². The van der Waals surface area contributed by atoms with Crippen LogP contribution in [-0.2, 0) is 4.79 Å². The van der Waals surface area contributed by atoms with Gasteiger partial charge in [0.15, 0.2) is 0 Å². The smallest absolute Gasteiger partial charge is 0.293 e. The zero-order chi connectivity index (χ0) is 16.3. The average molecular weight is 322 g/mol. The Morgan fingerprint density at radius 2 is 2.09 bits per heavy atom. The third kappa shape index (κ3) is 3.82. The van der Waals surface area contributed by atoms with Gasteiger partial charge < -0.3 is 9.73 Å². The normalized spacial score (nSPS) is 10.5. The lowest BCUT2D eigenvalue weighted by Gasteiger charge is -2.09. The Morgan fingerprint density at radius 1 is 1.36 bits per heavy atom. The number of aromatic nitrogens is 2. The summed E-state index contributed by atoms with van der Waals surface area (Å²) in [5.74, 6) is 0.0513. The van der Waals surface area contributed by atoms with Gasteiger partial charge in [0.05, 0.1) is 10.7 Å². The Kier molecular flexibility index (Phi) is 4.76. The quantitative estimate of drug-likeness (QED) is 0.511. The Morgan fingerprint density at radius 3 is 2.68 bits per heavy atom. The van der Waals surface area contributed by atoms with E-state index >= 15 is 0 Å². The predicted molar refractivity (Wildman–Crippen MR) is 81.0 cm³/mol. The van der Waals surface area contributed by atoms with E-state index in [1.807, 2.05) is 0 Å². The number of nitro benzene ring substituents is 1. The minimum Gasteiger partial charge on any atom is -0.416 e. The number of anilines is 1. The Labute approximate surface area is 130 Å². The van der Waals surface area contributed by atoms with Crippen LogP contribution in [-0.4, -0.2) is 26.8 Å². The van der Waals surface area contributed by atoms with E-state index in [-0.39, 0.29) is 28.3 Å². The van der Waals surface area contributed by atoms with Crippen molar-refractivity contribution in [2.45, 2.75) is 26.0 Å². The SMILES string of the molecule is Cc1cc(C)c(NC(=O)CSc2nnc(C)o2)c([N+](=O)[O-])c1. The van der Waals surface area contributed by atoms with Crippen LogP contribution in [0.5, 0.6) is 0 Å². The average Bonchev–Trinajstić information content (AvgIpc) is 2.84. The maximum atomic E-state index is 12.0. The second-order valence-corrected chi connectivity index (χ2v) is 5.58. The summed E-state index contributed by atoms with van der Waals surface area (Å²) in [4.78, 5) is 22.6. The van der Waals surface area contributed by atoms with Crippen LogP contribution in [0.3, 0.4) is 0 Å². The maximum absolute atomic E-state index is 12.0. The number of nitrogens with one attached hydrogen (secondary N) is 1. The first kappa shape index (κ1) is 16.0. The standard InChI is InChI=1S/C13H14N4O4S/c1-7-4-8(2)12(10(5-7)17(19)20)14-11(18)6-22-13-16-15-9(3)21-13/h4-5H,6H2,1-3H3,(H,14,18). The van der Waals surface area contributed by atoms with Gasteiger partial charge in [0.1, 0.15) is 5.69 Å². The lowest BCUT2D eigenvalue weighted by Crippen LogP contribution is -2.16. The van der Waals surface area contributed by atoms with Crippen molar-refractivity contribution in [3.05, 3.63) is 39.3 Å². The zero-order valence-corrected chi connectivity index (χ0v) is 13.1. The predicted octanol–water partition coefficient (Wildman–Crippen LogP) is 2.63. The number of nitro groups is 1. The van der Waals surface area contributed by atoms with Crippen molar-refractivity contribution in [3.8, 4) is 0 Å². The number of carbonyl (C=O) groups excluding carboxylic acids is 1. The molecule has 2 rings (SSSR count). The highest BCUT2D eigenvalue weighted by molar-refractivity contribution is 7.99. The Balaban J connectivity index is 2.09. The van der Waals surface area contributed by atoms with E-state index in [9.17, 15) is 14.9 Å². The van der Waals surface area contributed by atoms with Crippen molar-refractivity contribution in [2.24, 2.45) is 0 Å². The molecule has 1 amide bonds. The van der Waals surface area contributed by atoms with Gasteiger partial charge in [-0.3, -0.25) is 14.9 Å². The van der Waals surface area contributed by atoms with E-state index in [1.54, 1.807) is 26.8 Å². The number of carbonyl (C=O) groups is 1. The Bertz CT molecular complexity index is 729. The van der Waals surface area contributed by atoms with Crippen molar-refractivity contribution in [1.82, 2.24) is 10.2 Å². The maximum Gasteiger partial charge on any atom is 0.293 e. The molecule has 0 radical (unpaired) electrons. The minimum absolute atomic E-state index is 0.0199. The number of nitrogens with zero attached hydrogens (tertiary/aromatic N) is 3. The van der Waals surface area contributed by atoms with Crippen LogP contribution in [0.4, 0.5) is 11.4 Å². The number of aryl methyl sites for hydroxylation is 3. The van der Waals surface area contributed by atoms with Crippen LogP contribution in [0.2, 0.25) is 0 Å². The van der Waals surface area contributed by atoms with E-state index < -0.39 is 4.92 Å². The van der Waals surface area contributed by atoms with Crippen LogP contribution in [0.25, 0.3) is 0 Å². The van der Waals surface area contributed by atoms with Crippen LogP contribution >= 0.6 is 11.8 Å². The number of thioether (sulfide) groups is 1. The van der Waals surface area contributed by atoms with E-state index in [1.165, 1.54) is 6.07 Å². The minimum atomic E-state index is -0.510. The van der Waals surface area contributed by atoms with Gasteiger partial charge in [0.25, 0.3) is 10.9 Å². The molecule has 0 aliphatic heterocycles. The summed E-state index contributed by atoms with van der Waals surface area (Å²) in [7, 11) is 0. The molecule has 9 heteroatoms. The fourth-order valence-electron chi connectivity index (χ4n) is 1.89. The summed E-state index contributed by atoms with van der Waals surface area (Å²) in [6.45, 7) is 5.12. The summed E-state index contributed by atoms with van der Waals surface area (Å²) in [5.41, 5.74) is 1.49. The monoisotopic (exact) mass is 322 g/mol. The van der Waals surface area contributed by atoms with Crippen LogP contribution < -0.4 is 5.32 Å². The van der Waals surface area contributed by atoms with E-state index in [0.29, 0.717) is 11.5 Å².